The zero-order valence-electron chi connectivity index (χ0n) is 11.3. The number of hydrogen-bond donors (Lipinski definition) is 2. The van der Waals surface area contributed by atoms with Gasteiger partial charge in [-0.2, -0.15) is 0 Å². The van der Waals surface area contributed by atoms with Crippen molar-refractivity contribution in [1.29, 1.82) is 0 Å². The molecule has 0 unspecified atom stereocenters. The van der Waals surface area contributed by atoms with Gasteiger partial charge >= 0.3 is 0 Å². The van der Waals surface area contributed by atoms with Gasteiger partial charge < -0.3 is 16.0 Å². The molecule has 0 saturated heterocycles. The van der Waals surface area contributed by atoms with Gasteiger partial charge in [0.1, 0.15) is 0 Å². The fourth-order valence-electron chi connectivity index (χ4n) is 2.51. The van der Waals surface area contributed by atoms with Gasteiger partial charge in [0.2, 0.25) is 0 Å². The van der Waals surface area contributed by atoms with E-state index in [0.29, 0.717) is 6.54 Å². The molecule has 6 heteroatoms. The molecule has 3 N–H and O–H groups in total. The third-order valence-electron chi connectivity index (χ3n) is 3.51. The van der Waals surface area contributed by atoms with E-state index in [1.54, 1.807) is 0 Å². The first-order valence-corrected chi connectivity index (χ1v) is 7.93. The molecule has 1 amide bonds. The lowest BCUT2D eigenvalue weighted by Gasteiger charge is -2.29. The van der Waals surface area contributed by atoms with Crippen molar-refractivity contribution in [1.82, 2.24) is 4.90 Å². The summed E-state index contributed by atoms with van der Waals surface area (Å²) in [7, 11) is 0. The summed E-state index contributed by atoms with van der Waals surface area (Å²) in [5, 5.41) is 5.11. The normalized spacial score (nSPS) is 13.6. The Kier molecular flexibility index (Phi) is 3.90. The third kappa shape index (κ3) is 3.06. The van der Waals surface area contributed by atoms with Gasteiger partial charge in [-0.3, -0.25) is 4.79 Å². The van der Waals surface area contributed by atoms with Crippen molar-refractivity contribution in [3.05, 3.63) is 51.7 Å². The van der Waals surface area contributed by atoms with Crippen molar-refractivity contribution in [2.24, 2.45) is 5.73 Å². The van der Waals surface area contributed by atoms with Crippen LogP contribution in [-0.2, 0) is 13.0 Å². The number of nitrogens with zero attached hydrogens (tertiary/aromatic N) is 1. The van der Waals surface area contributed by atoms with Crippen molar-refractivity contribution >= 4 is 40.3 Å². The van der Waals surface area contributed by atoms with Crippen LogP contribution in [0.3, 0.4) is 0 Å². The molecule has 4 nitrogen and oxygen atoms in total. The first-order chi connectivity index (χ1) is 10.1. The zero-order chi connectivity index (χ0) is 14.8. The number of carbonyl (C=O) groups excluding carboxylic acids is 1. The van der Waals surface area contributed by atoms with E-state index < -0.39 is 0 Å². The highest BCUT2D eigenvalue weighted by atomic mass is 32.1. The maximum atomic E-state index is 12.4. The molecule has 21 heavy (non-hydrogen) atoms. The second kappa shape index (κ2) is 5.83. The summed E-state index contributed by atoms with van der Waals surface area (Å²) < 4.78 is 0. The summed E-state index contributed by atoms with van der Waals surface area (Å²) in [6, 6.07) is 9.83. The quantitative estimate of drug-likeness (QED) is 0.836. The lowest BCUT2D eigenvalue weighted by atomic mass is 9.99. The highest BCUT2D eigenvalue weighted by molar-refractivity contribution is 7.80. The molecule has 0 spiro atoms. The predicted octanol–water partition coefficient (Wildman–Crippen LogP) is 2.60. The maximum Gasteiger partial charge on any atom is 0.264 e. The van der Waals surface area contributed by atoms with Crippen molar-refractivity contribution in [3.8, 4) is 0 Å². The molecule has 1 aliphatic rings. The molecular weight excluding hydrogens is 302 g/mol. The number of hydrogen-bond acceptors (Lipinski definition) is 3. The first kappa shape index (κ1) is 14.0. The second-order valence-electron chi connectivity index (χ2n) is 4.93. The Bertz CT molecular complexity index is 682. The lowest BCUT2D eigenvalue weighted by Crippen LogP contribution is -2.35. The number of anilines is 1. The van der Waals surface area contributed by atoms with E-state index >= 15 is 0 Å². The maximum absolute atomic E-state index is 12.4. The van der Waals surface area contributed by atoms with Gasteiger partial charge in [0, 0.05) is 18.8 Å². The highest BCUT2D eigenvalue weighted by Crippen LogP contribution is 2.24. The Morgan fingerprint density at radius 2 is 2.19 bits per heavy atom. The van der Waals surface area contributed by atoms with E-state index in [0.717, 1.165) is 29.1 Å². The average Bonchev–Trinajstić information content (AvgIpc) is 2.99. The molecule has 1 aromatic carbocycles. The van der Waals surface area contributed by atoms with Gasteiger partial charge in [-0.1, -0.05) is 12.1 Å². The van der Waals surface area contributed by atoms with Crippen molar-refractivity contribution < 1.29 is 4.79 Å². The summed E-state index contributed by atoms with van der Waals surface area (Å²) in [5.41, 5.74) is 8.79. The smallest absolute Gasteiger partial charge is 0.264 e. The Morgan fingerprint density at radius 3 is 2.90 bits per heavy atom. The fourth-order valence-corrected chi connectivity index (χ4v) is 3.32. The van der Waals surface area contributed by atoms with E-state index in [1.165, 1.54) is 16.9 Å². The summed E-state index contributed by atoms with van der Waals surface area (Å²) in [6.45, 7) is 1.38. The number of thiocarbonyl (C=S) groups is 1. The van der Waals surface area contributed by atoms with Crippen molar-refractivity contribution in [2.45, 2.75) is 13.0 Å². The molecule has 0 atom stereocenters. The van der Waals surface area contributed by atoms with Crippen LogP contribution in [0.5, 0.6) is 0 Å². The largest absolute Gasteiger partial charge is 0.376 e. The summed E-state index contributed by atoms with van der Waals surface area (Å²) in [6.07, 6.45) is 0.875. The third-order valence-corrected chi connectivity index (χ3v) is 4.47. The molecule has 0 bridgehead atoms. The molecular formula is C15H15N3OS2. The van der Waals surface area contributed by atoms with E-state index in [4.69, 9.17) is 18.0 Å². The van der Waals surface area contributed by atoms with Gasteiger partial charge in [-0.15, -0.1) is 11.3 Å². The van der Waals surface area contributed by atoms with Crippen LogP contribution < -0.4 is 11.1 Å². The molecule has 0 radical (unpaired) electrons. The van der Waals surface area contributed by atoms with E-state index in [1.807, 2.05) is 34.5 Å². The second-order valence-corrected chi connectivity index (χ2v) is 6.31. The molecule has 1 aromatic heterocycles. The molecule has 2 heterocycles. The highest BCUT2D eigenvalue weighted by Gasteiger charge is 2.22. The lowest BCUT2D eigenvalue weighted by molar-refractivity contribution is 0.0739. The minimum Gasteiger partial charge on any atom is -0.376 e. The Balaban J connectivity index is 1.80. The molecule has 3 rings (SSSR count). The SMILES string of the molecule is NC(=S)Nc1ccc2c(c1)CN(C(=O)c1cccs1)CC2. The summed E-state index contributed by atoms with van der Waals surface area (Å²) in [5.74, 6) is 0.100. The monoisotopic (exact) mass is 317 g/mol. The van der Waals surface area contributed by atoms with Crippen LogP contribution in [0, 0.1) is 0 Å². The number of thiophene rings is 1. The number of fused-ring (bicyclic) bond motifs is 1. The molecule has 0 aliphatic carbocycles. The minimum atomic E-state index is 0.100. The van der Waals surface area contributed by atoms with Crippen molar-refractivity contribution in [2.75, 3.05) is 11.9 Å². The predicted molar refractivity (Wildman–Crippen MR) is 89.6 cm³/mol. The Hall–Kier alpha value is -1.92. The van der Waals surface area contributed by atoms with Crippen LogP contribution in [0.25, 0.3) is 0 Å². The molecule has 2 aromatic rings. The molecule has 108 valence electrons. The van der Waals surface area contributed by atoms with Gasteiger partial charge in [0.25, 0.3) is 5.91 Å². The topological polar surface area (TPSA) is 58.4 Å². The average molecular weight is 317 g/mol. The number of nitrogens with one attached hydrogen (secondary N) is 1. The summed E-state index contributed by atoms with van der Waals surface area (Å²) in [4.78, 5) is 15.1. The fraction of sp³-hybridized carbons (Fsp3) is 0.200. The first-order valence-electron chi connectivity index (χ1n) is 6.64. The van der Waals surface area contributed by atoms with Crippen LogP contribution in [0.1, 0.15) is 20.8 Å². The van der Waals surface area contributed by atoms with Gasteiger partial charge in [0.15, 0.2) is 5.11 Å². The Morgan fingerprint density at radius 1 is 1.33 bits per heavy atom. The van der Waals surface area contributed by atoms with Crippen LogP contribution in [0.15, 0.2) is 35.7 Å². The number of carbonyl (C=O) groups is 1. The van der Waals surface area contributed by atoms with E-state index in [2.05, 4.69) is 11.4 Å². The standard InChI is InChI=1S/C15H15N3OS2/c16-15(20)17-12-4-3-10-5-6-18(9-11(10)8-12)14(19)13-2-1-7-21-13/h1-4,7-8H,5-6,9H2,(H3,16,17,20). The molecule has 0 fully saturated rings. The van der Waals surface area contributed by atoms with Gasteiger partial charge in [-0.05, 0) is 53.3 Å². The van der Waals surface area contributed by atoms with Crippen LogP contribution in [0.4, 0.5) is 5.69 Å². The van der Waals surface area contributed by atoms with Gasteiger partial charge in [0.05, 0.1) is 4.88 Å². The molecule has 1 aliphatic heterocycles. The minimum absolute atomic E-state index is 0.100. The molecule has 0 saturated carbocycles. The number of rotatable bonds is 2. The van der Waals surface area contributed by atoms with E-state index in [9.17, 15) is 4.79 Å². The van der Waals surface area contributed by atoms with E-state index in [-0.39, 0.29) is 11.0 Å². The van der Waals surface area contributed by atoms with Crippen LogP contribution in [-0.4, -0.2) is 22.5 Å². The van der Waals surface area contributed by atoms with Gasteiger partial charge in [-0.25, -0.2) is 0 Å². The number of nitrogens with two attached hydrogens (primary N) is 1. The zero-order valence-corrected chi connectivity index (χ0v) is 13.0. The van der Waals surface area contributed by atoms with Crippen LogP contribution in [0.2, 0.25) is 0 Å². The van der Waals surface area contributed by atoms with Crippen LogP contribution >= 0.6 is 23.6 Å². The Labute approximate surface area is 132 Å². The number of benzene rings is 1. The van der Waals surface area contributed by atoms with Crippen molar-refractivity contribution in [3.63, 3.8) is 0 Å². The summed E-state index contributed by atoms with van der Waals surface area (Å²) >= 11 is 6.33. The number of amides is 1.